The Hall–Kier alpha value is -2.50. The smallest absolute Gasteiger partial charge is 0.142 e. The number of nitrogens with zero attached hydrogens (tertiary/aromatic N) is 3. The first-order valence-corrected chi connectivity index (χ1v) is 9.84. The van der Waals surface area contributed by atoms with Crippen LogP contribution in [-0.4, -0.2) is 25.2 Å². The molecule has 0 fully saturated rings. The minimum atomic E-state index is 0. The van der Waals surface area contributed by atoms with Crippen LogP contribution in [0, 0.1) is 0 Å². The molecule has 0 atom stereocenters. The second kappa shape index (κ2) is 9.11. The Labute approximate surface area is 201 Å². The second-order valence-corrected chi connectivity index (χ2v) is 7.28. The monoisotopic (exact) mass is 472 g/mol. The van der Waals surface area contributed by atoms with E-state index in [-0.39, 0.29) is 32.7 Å². The van der Waals surface area contributed by atoms with Gasteiger partial charge in [-0.2, -0.15) is 0 Å². The number of hydrogen-bond acceptors (Lipinski definition) is 3. The summed E-state index contributed by atoms with van der Waals surface area (Å²) >= 11 is 0. The Morgan fingerprint density at radius 3 is 2.77 bits per heavy atom. The van der Waals surface area contributed by atoms with Crippen LogP contribution < -0.4 is 14.6 Å². The maximum atomic E-state index is 5.89. The first-order valence-electron chi connectivity index (χ1n) is 9.84. The summed E-state index contributed by atoms with van der Waals surface area (Å²) in [4.78, 5) is 5.61. The number of ether oxygens (including phenoxy) is 1. The van der Waals surface area contributed by atoms with Crippen molar-refractivity contribution < 1.29 is 37.4 Å². The minimum Gasteiger partial charge on any atom is -0.595 e. The molecule has 2 heterocycles. The molecule has 5 nitrogen and oxygen atoms in total. The van der Waals surface area contributed by atoms with Gasteiger partial charge in [-0.1, -0.05) is 48.5 Å². The molecule has 30 heavy (non-hydrogen) atoms. The predicted molar refractivity (Wildman–Crippen MR) is 119 cm³/mol. The Kier molecular flexibility index (Phi) is 6.30. The van der Waals surface area contributed by atoms with Crippen LogP contribution in [0.3, 0.4) is 0 Å². The largest absolute Gasteiger partial charge is 0.595 e. The van der Waals surface area contributed by atoms with Crippen molar-refractivity contribution in [1.29, 1.82) is 0 Å². The molecule has 0 unspecified atom stereocenters. The van der Waals surface area contributed by atoms with Crippen LogP contribution in [0.25, 0.3) is 16.3 Å². The summed E-state index contributed by atoms with van der Waals surface area (Å²) in [6, 6.07) is 25.1. The van der Waals surface area contributed by atoms with Crippen molar-refractivity contribution in [2.75, 3.05) is 30.1 Å². The molecule has 1 N–H and O–H groups in total. The van der Waals surface area contributed by atoms with E-state index < -0.39 is 0 Å². The van der Waals surface area contributed by atoms with Crippen molar-refractivity contribution in [3.05, 3.63) is 90.0 Å². The van der Waals surface area contributed by atoms with Gasteiger partial charge in [-0.25, -0.2) is 0 Å². The van der Waals surface area contributed by atoms with Crippen molar-refractivity contribution in [2.24, 2.45) is 0 Å². The van der Waals surface area contributed by atoms with Gasteiger partial charge in [0.25, 0.3) is 0 Å². The molecule has 3 aromatic carbocycles. The predicted octanol–water partition coefficient (Wildman–Crippen LogP) is 5.62. The van der Waals surface area contributed by atoms with Gasteiger partial charge in [0.15, 0.2) is 0 Å². The molecular weight excluding hydrogens is 449 g/mol. The van der Waals surface area contributed by atoms with E-state index in [4.69, 9.17) is 10.2 Å². The van der Waals surface area contributed by atoms with E-state index in [1.165, 1.54) is 10.9 Å². The summed E-state index contributed by atoms with van der Waals surface area (Å²) in [7, 11) is 1.98. The van der Waals surface area contributed by atoms with Crippen LogP contribution in [-0.2, 0) is 39.3 Å². The number of fused-ring (bicyclic) bond motifs is 2. The van der Waals surface area contributed by atoms with Crippen LogP contribution in [0.2, 0.25) is 0 Å². The van der Waals surface area contributed by atoms with Crippen molar-refractivity contribution >= 4 is 28.0 Å². The van der Waals surface area contributed by atoms with Gasteiger partial charge in [-0.15, -0.1) is 5.69 Å². The summed E-state index contributed by atoms with van der Waals surface area (Å²) in [5.41, 5.74) is 10.2. The third-order valence-corrected chi connectivity index (χ3v) is 5.30. The van der Waals surface area contributed by atoms with E-state index in [1.807, 2.05) is 30.4 Å². The molecular formula is C24H23N4OY-. The van der Waals surface area contributed by atoms with Crippen molar-refractivity contribution in [3.8, 4) is 5.75 Å². The standard InChI is InChI=1S/C24H23N4O.Y/c1-27(26-20-8-7-19-11-12-25-22(19)15-20)21-9-10-24-23(16-21)28(13-14-29-24)17-18-5-3-2-4-6-18;/h2-12,15-16,25H,13-14,17H2,1H3;/q-1;. The van der Waals surface area contributed by atoms with E-state index in [9.17, 15) is 0 Å². The normalized spacial score (nSPS) is 12.6. The Balaban J connectivity index is 0.00000218. The molecule has 0 saturated carbocycles. The number of nitrogens with one attached hydrogen (secondary N) is 1. The maximum absolute atomic E-state index is 5.89. The average Bonchev–Trinajstić information content (AvgIpc) is 3.22. The fourth-order valence-electron chi connectivity index (χ4n) is 3.76. The quantitative estimate of drug-likeness (QED) is 0.384. The van der Waals surface area contributed by atoms with Gasteiger partial charge >= 0.3 is 0 Å². The van der Waals surface area contributed by atoms with Gasteiger partial charge in [0.2, 0.25) is 0 Å². The van der Waals surface area contributed by atoms with E-state index in [2.05, 4.69) is 70.5 Å². The molecule has 1 aliphatic rings. The number of aromatic amines is 1. The maximum Gasteiger partial charge on any atom is 0.142 e. The Morgan fingerprint density at radius 2 is 1.90 bits per heavy atom. The number of benzene rings is 3. The van der Waals surface area contributed by atoms with Crippen molar-refractivity contribution in [3.63, 3.8) is 0 Å². The van der Waals surface area contributed by atoms with Crippen LogP contribution in [0.4, 0.5) is 17.1 Å². The van der Waals surface area contributed by atoms with E-state index >= 15 is 0 Å². The molecule has 1 aromatic heterocycles. The van der Waals surface area contributed by atoms with Gasteiger partial charge in [0, 0.05) is 56.7 Å². The van der Waals surface area contributed by atoms with Crippen LogP contribution in [0.5, 0.6) is 5.75 Å². The molecule has 0 saturated heterocycles. The number of H-pyrrole nitrogens is 1. The number of aromatic nitrogens is 1. The number of rotatable bonds is 5. The molecule has 1 radical (unpaired) electrons. The van der Waals surface area contributed by atoms with E-state index in [1.54, 1.807) is 0 Å². The first-order chi connectivity index (χ1) is 14.3. The number of anilines is 2. The van der Waals surface area contributed by atoms with Gasteiger partial charge in [-0.3, -0.25) is 0 Å². The zero-order valence-electron chi connectivity index (χ0n) is 17.0. The number of hydrogen-bond donors (Lipinski definition) is 1. The molecule has 0 spiro atoms. The van der Waals surface area contributed by atoms with Crippen LogP contribution in [0.1, 0.15) is 5.56 Å². The van der Waals surface area contributed by atoms with Gasteiger partial charge in [-0.05, 0) is 42.3 Å². The van der Waals surface area contributed by atoms with Gasteiger partial charge in [0.1, 0.15) is 12.4 Å². The van der Waals surface area contributed by atoms with E-state index in [0.29, 0.717) is 6.61 Å². The Morgan fingerprint density at radius 1 is 1.03 bits per heavy atom. The molecule has 1 aliphatic heterocycles. The molecule has 6 heteroatoms. The van der Waals surface area contributed by atoms with Gasteiger partial charge < -0.3 is 25.1 Å². The van der Waals surface area contributed by atoms with Gasteiger partial charge in [0.05, 0.1) is 12.2 Å². The molecule has 0 aliphatic carbocycles. The summed E-state index contributed by atoms with van der Waals surface area (Å²) < 4.78 is 5.89. The first kappa shape index (κ1) is 20.8. The third kappa shape index (κ3) is 4.32. The van der Waals surface area contributed by atoms with Crippen LogP contribution >= 0.6 is 0 Å². The topological polar surface area (TPSA) is 45.6 Å². The molecule has 5 rings (SSSR count). The zero-order valence-corrected chi connectivity index (χ0v) is 19.8. The van der Waals surface area contributed by atoms with Crippen molar-refractivity contribution in [1.82, 2.24) is 4.98 Å². The molecule has 0 amide bonds. The summed E-state index contributed by atoms with van der Waals surface area (Å²) in [5, 5.41) is 3.11. The third-order valence-electron chi connectivity index (χ3n) is 5.30. The molecule has 0 bridgehead atoms. The zero-order chi connectivity index (χ0) is 19.6. The Bertz CT molecular complexity index is 1130. The summed E-state index contributed by atoms with van der Waals surface area (Å²) in [5.74, 6) is 0.928. The van der Waals surface area contributed by atoms with Crippen LogP contribution in [0.15, 0.2) is 79.0 Å². The summed E-state index contributed by atoms with van der Waals surface area (Å²) in [6.45, 7) is 2.44. The fraction of sp³-hybridized carbons (Fsp3) is 0.167. The average molecular weight is 472 g/mol. The molecule has 149 valence electrons. The summed E-state index contributed by atoms with van der Waals surface area (Å²) in [6.07, 6.45) is 1.95. The SMILES string of the molecule is CN([N-]c1ccc2cc[nH]c2c1)c1ccc2c(c1)N(Cc1ccccc1)CCO2.[Y]. The molecule has 4 aromatic rings. The second-order valence-electron chi connectivity index (χ2n) is 7.28. The fourth-order valence-corrected chi connectivity index (χ4v) is 3.76. The minimum absolute atomic E-state index is 0. The van der Waals surface area contributed by atoms with Crippen molar-refractivity contribution in [2.45, 2.75) is 6.54 Å². The van der Waals surface area contributed by atoms with E-state index in [0.717, 1.165) is 41.4 Å².